The highest BCUT2D eigenvalue weighted by Gasteiger charge is 2.58. The lowest BCUT2D eigenvalue weighted by Gasteiger charge is -2.53. The van der Waals surface area contributed by atoms with E-state index in [0.717, 1.165) is 62.5 Å². The van der Waals surface area contributed by atoms with E-state index in [1.165, 1.54) is 25.0 Å². The van der Waals surface area contributed by atoms with Crippen LogP contribution in [0.4, 0.5) is 18.9 Å². The van der Waals surface area contributed by atoms with Crippen molar-refractivity contribution in [3.63, 3.8) is 0 Å². The summed E-state index contributed by atoms with van der Waals surface area (Å²) in [4.78, 5) is 15.0. The highest BCUT2D eigenvalue weighted by Crippen LogP contribution is 2.61. The predicted molar refractivity (Wildman–Crippen MR) is 158 cm³/mol. The zero-order valence-electron chi connectivity index (χ0n) is 24.8. The van der Waals surface area contributed by atoms with Crippen molar-refractivity contribution in [2.75, 3.05) is 25.0 Å². The molecule has 1 amide bonds. The number of ether oxygens (including phenoxy) is 1. The van der Waals surface area contributed by atoms with Crippen LogP contribution in [-0.4, -0.2) is 52.9 Å². The van der Waals surface area contributed by atoms with Crippen molar-refractivity contribution >= 4 is 11.6 Å². The Bertz CT molecular complexity index is 1330. The highest BCUT2D eigenvalue weighted by atomic mass is 19.4. The molecule has 3 N–H and O–H groups in total. The van der Waals surface area contributed by atoms with Crippen LogP contribution in [0.3, 0.4) is 0 Å². The minimum atomic E-state index is -4.68. The number of aliphatic hydroxyl groups excluding tert-OH is 1. The maximum Gasteiger partial charge on any atom is 0.418 e. The predicted octanol–water partition coefficient (Wildman–Crippen LogP) is 6.89. The largest absolute Gasteiger partial charge is 0.508 e. The first-order chi connectivity index (χ1) is 20.5. The number of aromatic hydroxyl groups is 1. The van der Waals surface area contributed by atoms with Crippen molar-refractivity contribution in [3.8, 4) is 11.5 Å². The summed E-state index contributed by atoms with van der Waals surface area (Å²) in [5.41, 5.74) is 0.554. The molecule has 3 fully saturated rings. The number of alkyl halides is 3. The van der Waals surface area contributed by atoms with Crippen LogP contribution in [0.15, 0.2) is 36.4 Å². The van der Waals surface area contributed by atoms with Gasteiger partial charge in [0, 0.05) is 17.8 Å². The number of hydrogen-bond donors (Lipinski definition) is 3. The molecule has 0 bridgehead atoms. The number of halogens is 3. The Labute approximate surface area is 251 Å². The van der Waals surface area contributed by atoms with Crippen LogP contribution >= 0.6 is 0 Å². The number of aryl methyl sites for hydroxylation is 1. The number of likely N-dealkylation sites (tertiary alicyclic amines) is 1. The molecule has 9 heteroatoms. The molecule has 6 atom stereocenters. The summed E-state index contributed by atoms with van der Waals surface area (Å²) < 4.78 is 49.2. The van der Waals surface area contributed by atoms with E-state index < -0.39 is 29.9 Å². The Morgan fingerprint density at radius 2 is 1.88 bits per heavy atom. The zero-order valence-corrected chi connectivity index (χ0v) is 24.8. The average molecular weight is 601 g/mol. The molecule has 6 nitrogen and oxygen atoms in total. The number of benzene rings is 2. The van der Waals surface area contributed by atoms with Gasteiger partial charge in [0.1, 0.15) is 17.6 Å². The molecule has 0 spiro atoms. The van der Waals surface area contributed by atoms with Gasteiger partial charge in [0.2, 0.25) is 5.91 Å². The number of phenolic OH excluding ortho intramolecular Hbond substituents is 1. The van der Waals surface area contributed by atoms with Gasteiger partial charge in [-0.15, -0.1) is 0 Å². The third-order valence-corrected chi connectivity index (χ3v) is 10.8. The molecule has 1 saturated heterocycles. The molecule has 43 heavy (non-hydrogen) atoms. The monoisotopic (exact) mass is 600 g/mol. The number of amides is 1. The Balaban J connectivity index is 1.21. The topological polar surface area (TPSA) is 82.0 Å². The van der Waals surface area contributed by atoms with E-state index in [1.54, 1.807) is 12.1 Å². The van der Waals surface area contributed by atoms with Crippen LogP contribution in [0.25, 0.3) is 0 Å². The fraction of sp³-hybridized carbons (Fsp3) is 0.618. The summed E-state index contributed by atoms with van der Waals surface area (Å²) in [5.74, 6) is 0.344. The van der Waals surface area contributed by atoms with E-state index in [4.69, 9.17) is 4.74 Å². The Morgan fingerprint density at radius 3 is 2.65 bits per heavy atom. The van der Waals surface area contributed by atoms with Crippen molar-refractivity contribution in [2.24, 2.45) is 17.3 Å². The van der Waals surface area contributed by atoms with Gasteiger partial charge in [-0.05, 0) is 131 Å². The summed E-state index contributed by atoms with van der Waals surface area (Å²) in [6.45, 7) is 5.17. The summed E-state index contributed by atoms with van der Waals surface area (Å²) in [5, 5.41) is 23.6. The van der Waals surface area contributed by atoms with Crippen LogP contribution in [0.5, 0.6) is 11.5 Å². The van der Waals surface area contributed by atoms with Gasteiger partial charge in [0.15, 0.2) is 0 Å². The van der Waals surface area contributed by atoms with Crippen LogP contribution < -0.4 is 10.1 Å². The number of fused-ring (bicyclic) bond motifs is 5. The van der Waals surface area contributed by atoms with Crippen molar-refractivity contribution in [1.82, 2.24) is 4.90 Å². The lowest BCUT2D eigenvalue weighted by molar-refractivity contribution is -0.137. The Kier molecular flexibility index (Phi) is 8.41. The fourth-order valence-corrected chi connectivity index (χ4v) is 8.66. The van der Waals surface area contributed by atoms with Gasteiger partial charge in [-0.1, -0.05) is 13.0 Å². The number of hydrogen-bond acceptors (Lipinski definition) is 5. The second kappa shape index (κ2) is 12.0. The molecule has 0 radical (unpaired) electrons. The number of nitrogens with one attached hydrogen (secondary N) is 1. The first-order valence-electron chi connectivity index (χ1n) is 15.9. The SMILES string of the molecule is C[C@]12C[C@H](Oc3ccc(NC(=O)CCCCN4CCCC4)c(C(F)(F)F)c3)[C@@H]3c4ccc(O)cc4CC[C@H]3[C@@H]1CC[C@@H]2O. The molecular formula is C34H43F3N2O4. The van der Waals surface area contributed by atoms with Crippen molar-refractivity contribution in [3.05, 3.63) is 53.1 Å². The molecule has 2 aromatic carbocycles. The number of nitrogens with zero attached hydrogens (tertiary/aromatic N) is 1. The number of aliphatic hydroxyl groups is 1. The molecular weight excluding hydrogens is 557 g/mol. The van der Waals surface area contributed by atoms with E-state index in [2.05, 4.69) is 17.1 Å². The molecule has 2 saturated carbocycles. The van der Waals surface area contributed by atoms with Gasteiger partial charge in [-0.25, -0.2) is 0 Å². The van der Waals surface area contributed by atoms with Gasteiger partial charge in [-0.2, -0.15) is 13.2 Å². The molecule has 6 rings (SSSR count). The minimum Gasteiger partial charge on any atom is -0.508 e. The molecule has 3 aliphatic carbocycles. The first kappa shape index (κ1) is 30.3. The van der Waals surface area contributed by atoms with Crippen LogP contribution in [0.2, 0.25) is 0 Å². The number of rotatable bonds is 8. The Morgan fingerprint density at radius 1 is 1.09 bits per heavy atom. The lowest BCUT2D eigenvalue weighted by atomic mass is 9.54. The van der Waals surface area contributed by atoms with Gasteiger partial charge in [0.25, 0.3) is 0 Å². The van der Waals surface area contributed by atoms with Gasteiger partial charge < -0.3 is 25.2 Å². The highest BCUT2D eigenvalue weighted by molar-refractivity contribution is 5.91. The normalized spacial score (nSPS) is 30.4. The quantitative estimate of drug-likeness (QED) is 0.288. The number of carbonyl (C=O) groups is 1. The molecule has 1 aliphatic heterocycles. The molecule has 2 aromatic rings. The minimum absolute atomic E-state index is 0.0537. The number of carbonyl (C=O) groups excluding carboxylic acids is 1. The van der Waals surface area contributed by atoms with Crippen molar-refractivity contribution < 1.29 is 32.9 Å². The van der Waals surface area contributed by atoms with Gasteiger partial charge in [0.05, 0.1) is 17.4 Å². The maximum atomic E-state index is 14.3. The fourth-order valence-electron chi connectivity index (χ4n) is 8.66. The van der Waals surface area contributed by atoms with E-state index in [1.807, 2.05) is 6.07 Å². The third-order valence-electron chi connectivity index (χ3n) is 10.8. The summed E-state index contributed by atoms with van der Waals surface area (Å²) >= 11 is 0. The molecule has 4 aliphatic rings. The summed E-state index contributed by atoms with van der Waals surface area (Å²) in [6.07, 6.45) is 2.27. The maximum absolute atomic E-state index is 14.3. The first-order valence-corrected chi connectivity index (χ1v) is 15.9. The molecule has 1 heterocycles. The third kappa shape index (κ3) is 6.12. The second-order valence-corrected chi connectivity index (χ2v) is 13.4. The Hall–Kier alpha value is -2.78. The van der Waals surface area contributed by atoms with E-state index in [0.29, 0.717) is 25.2 Å². The lowest BCUT2D eigenvalue weighted by Crippen LogP contribution is -2.51. The van der Waals surface area contributed by atoms with Crippen molar-refractivity contribution in [1.29, 1.82) is 0 Å². The average Bonchev–Trinajstić information content (AvgIpc) is 3.58. The summed E-state index contributed by atoms with van der Waals surface area (Å²) in [7, 11) is 0. The molecule has 0 aromatic heterocycles. The zero-order chi connectivity index (χ0) is 30.4. The van der Waals surface area contributed by atoms with E-state index >= 15 is 0 Å². The summed E-state index contributed by atoms with van der Waals surface area (Å²) in [6, 6.07) is 9.18. The van der Waals surface area contributed by atoms with Gasteiger partial charge in [-0.3, -0.25) is 4.79 Å². The molecule has 234 valence electrons. The number of anilines is 1. The van der Waals surface area contributed by atoms with Gasteiger partial charge >= 0.3 is 6.18 Å². The second-order valence-electron chi connectivity index (χ2n) is 13.4. The van der Waals surface area contributed by atoms with E-state index in [-0.39, 0.29) is 40.9 Å². The molecule has 0 unspecified atom stereocenters. The number of unbranched alkanes of at least 4 members (excludes halogenated alkanes) is 1. The van der Waals surface area contributed by atoms with Crippen molar-refractivity contribution in [2.45, 2.75) is 95.4 Å². The van der Waals surface area contributed by atoms with E-state index in [9.17, 15) is 28.2 Å². The number of phenols is 1. The van der Waals surface area contributed by atoms with Crippen LogP contribution in [0, 0.1) is 17.3 Å². The van der Waals surface area contributed by atoms with Crippen LogP contribution in [-0.2, 0) is 17.4 Å². The standard InChI is InChI=1S/C34H43F3N2O4/c1-33-20-29(32-24-11-8-22(40)18-21(24)7-10-25(32)26(33)12-14-30(33)41)43-23-9-13-28(27(19-23)34(35,36)37)38-31(42)6-2-3-15-39-16-4-5-17-39/h8-9,11,13,18-19,25-26,29-30,32,40-41H,2-7,10,12,14-17,20H2,1H3,(H,38,42)/t25-,26-,29-,30-,32+,33-/m0/s1. The van der Waals surface area contributed by atoms with Crippen LogP contribution in [0.1, 0.15) is 87.3 Å². The smallest absolute Gasteiger partial charge is 0.418 e.